The van der Waals surface area contributed by atoms with Crippen molar-refractivity contribution in [3.05, 3.63) is 48.0 Å². The smallest absolute Gasteiger partial charge is 0.220 e. The van der Waals surface area contributed by atoms with Gasteiger partial charge in [0.2, 0.25) is 5.91 Å². The molecular weight excluding hydrogens is 336 g/mol. The normalized spacial score (nSPS) is 26.1. The average Bonchev–Trinajstić information content (AvgIpc) is 2.69. The van der Waals surface area contributed by atoms with E-state index in [4.69, 9.17) is 4.74 Å². The quantitative estimate of drug-likeness (QED) is 0.678. The summed E-state index contributed by atoms with van der Waals surface area (Å²) >= 11 is 0. The van der Waals surface area contributed by atoms with Crippen molar-refractivity contribution in [3.8, 4) is 0 Å². The number of hydrogen-bond donors (Lipinski definition) is 1. The SMILES string of the molecule is C=C[C@]1(CC(=O)NC)CC[C@@H](c2ccc(C)cc2)N(C(CC)CC)C1OC. The number of ether oxygens (including phenoxy) is 1. The van der Waals surface area contributed by atoms with Gasteiger partial charge in [0.05, 0.1) is 0 Å². The van der Waals surface area contributed by atoms with Crippen LogP contribution in [0, 0.1) is 12.3 Å². The molecule has 1 N–H and O–H groups in total. The molecule has 2 rings (SSSR count). The Balaban J connectivity index is 2.49. The fourth-order valence-electron chi connectivity index (χ4n) is 4.62. The number of rotatable bonds is 8. The maximum absolute atomic E-state index is 12.3. The van der Waals surface area contributed by atoms with Gasteiger partial charge in [-0.2, -0.15) is 0 Å². The van der Waals surface area contributed by atoms with Crippen LogP contribution in [0.5, 0.6) is 0 Å². The number of piperidine rings is 1. The first-order chi connectivity index (χ1) is 13.0. The summed E-state index contributed by atoms with van der Waals surface area (Å²) in [5.74, 6) is 0.0373. The first kappa shape index (κ1) is 21.6. The molecule has 0 aliphatic carbocycles. The second-order valence-electron chi connectivity index (χ2n) is 7.76. The molecule has 0 bridgehead atoms. The molecule has 3 atom stereocenters. The zero-order valence-corrected chi connectivity index (χ0v) is 17.6. The van der Waals surface area contributed by atoms with Gasteiger partial charge < -0.3 is 10.1 Å². The van der Waals surface area contributed by atoms with E-state index < -0.39 is 0 Å². The van der Waals surface area contributed by atoms with Gasteiger partial charge in [-0.25, -0.2) is 0 Å². The molecule has 0 radical (unpaired) electrons. The lowest BCUT2D eigenvalue weighted by Crippen LogP contribution is -2.58. The third-order valence-electron chi connectivity index (χ3n) is 6.23. The number of aryl methyl sites for hydroxylation is 1. The van der Waals surface area contributed by atoms with Crippen LogP contribution in [0.1, 0.15) is 63.1 Å². The highest BCUT2D eigenvalue weighted by Gasteiger charge is 2.49. The maximum Gasteiger partial charge on any atom is 0.220 e. The molecule has 4 nitrogen and oxygen atoms in total. The Bertz CT molecular complexity index is 624. The van der Waals surface area contributed by atoms with E-state index in [0.717, 1.165) is 25.7 Å². The first-order valence-corrected chi connectivity index (χ1v) is 10.2. The molecule has 27 heavy (non-hydrogen) atoms. The minimum atomic E-state index is -0.376. The molecule has 150 valence electrons. The number of amides is 1. The Morgan fingerprint density at radius 3 is 2.48 bits per heavy atom. The minimum Gasteiger partial charge on any atom is -0.365 e. The van der Waals surface area contributed by atoms with Crippen LogP contribution >= 0.6 is 0 Å². The Morgan fingerprint density at radius 1 is 1.37 bits per heavy atom. The highest BCUT2D eigenvalue weighted by molar-refractivity contribution is 5.76. The number of nitrogens with zero attached hydrogens (tertiary/aromatic N) is 1. The number of benzene rings is 1. The van der Waals surface area contributed by atoms with Crippen LogP contribution in [0.15, 0.2) is 36.9 Å². The van der Waals surface area contributed by atoms with E-state index >= 15 is 0 Å². The highest BCUT2D eigenvalue weighted by Crippen LogP contribution is 2.49. The van der Waals surface area contributed by atoms with E-state index in [1.165, 1.54) is 11.1 Å². The van der Waals surface area contributed by atoms with Gasteiger partial charge in [0.1, 0.15) is 6.23 Å². The molecule has 0 spiro atoms. The lowest BCUT2D eigenvalue weighted by Gasteiger charge is -2.54. The van der Waals surface area contributed by atoms with Crippen molar-refractivity contribution in [2.45, 2.75) is 71.2 Å². The van der Waals surface area contributed by atoms with Crippen molar-refractivity contribution in [2.75, 3.05) is 14.2 Å². The van der Waals surface area contributed by atoms with E-state index in [-0.39, 0.29) is 17.6 Å². The number of carbonyl (C=O) groups is 1. The number of likely N-dealkylation sites (tertiary alicyclic amines) is 1. The van der Waals surface area contributed by atoms with Crippen molar-refractivity contribution in [3.63, 3.8) is 0 Å². The average molecular weight is 373 g/mol. The standard InChI is InChI=1S/C23H36N2O2/c1-7-19(8-2)25-20(18-12-10-17(4)11-13-18)14-15-23(9-3,22(25)27-6)16-21(26)24-5/h9-13,19-20,22H,3,7-8,14-16H2,1-2,4-6H3,(H,24,26)/t20-,22?,23+/m0/s1. The molecule has 1 saturated heterocycles. The van der Waals surface area contributed by atoms with Gasteiger partial charge in [-0.3, -0.25) is 9.69 Å². The van der Waals surface area contributed by atoms with Gasteiger partial charge in [-0.15, -0.1) is 6.58 Å². The van der Waals surface area contributed by atoms with Crippen molar-refractivity contribution < 1.29 is 9.53 Å². The molecule has 1 heterocycles. The van der Waals surface area contributed by atoms with Crippen molar-refractivity contribution >= 4 is 5.91 Å². The summed E-state index contributed by atoms with van der Waals surface area (Å²) in [5.41, 5.74) is 2.22. The van der Waals surface area contributed by atoms with Crippen LogP contribution in [-0.4, -0.2) is 37.2 Å². The Morgan fingerprint density at radius 2 is 2.00 bits per heavy atom. The number of nitrogens with one attached hydrogen (secondary N) is 1. The summed E-state index contributed by atoms with van der Waals surface area (Å²) in [6, 6.07) is 9.53. The number of methoxy groups -OCH3 is 1. The van der Waals surface area contributed by atoms with E-state index in [1.807, 2.05) is 6.08 Å². The van der Waals surface area contributed by atoms with Crippen LogP contribution < -0.4 is 5.32 Å². The topological polar surface area (TPSA) is 41.6 Å². The fourth-order valence-corrected chi connectivity index (χ4v) is 4.62. The summed E-state index contributed by atoms with van der Waals surface area (Å²) in [5, 5.41) is 2.78. The summed E-state index contributed by atoms with van der Waals surface area (Å²) in [6.07, 6.45) is 6.16. The van der Waals surface area contributed by atoms with E-state index in [1.54, 1.807) is 14.2 Å². The molecule has 1 unspecified atom stereocenters. The molecule has 0 aromatic heterocycles. The summed E-state index contributed by atoms with van der Waals surface area (Å²) < 4.78 is 6.09. The lowest BCUT2D eigenvalue weighted by molar-refractivity contribution is -0.171. The second kappa shape index (κ2) is 9.52. The Labute approximate surface area is 165 Å². The molecule has 0 saturated carbocycles. The third-order valence-corrected chi connectivity index (χ3v) is 6.23. The molecule has 1 aliphatic heterocycles. The molecule has 1 aliphatic rings. The van der Waals surface area contributed by atoms with Gasteiger partial charge in [0.25, 0.3) is 0 Å². The molecule has 1 fully saturated rings. The molecule has 1 aromatic carbocycles. The van der Waals surface area contributed by atoms with Gasteiger partial charge >= 0.3 is 0 Å². The van der Waals surface area contributed by atoms with Crippen LogP contribution in [-0.2, 0) is 9.53 Å². The minimum absolute atomic E-state index is 0.0373. The fraction of sp³-hybridized carbons (Fsp3) is 0.609. The Kier molecular flexibility index (Phi) is 7.63. The Hall–Kier alpha value is -1.65. The zero-order chi connectivity index (χ0) is 20.0. The van der Waals surface area contributed by atoms with Crippen molar-refractivity contribution in [2.24, 2.45) is 5.41 Å². The predicted octanol–water partition coefficient (Wildman–Crippen LogP) is 4.60. The van der Waals surface area contributed by atoms with Gasteiger partial charge in [0, 0.05) is 38.1 Å². The molecular formula is C23H36N2O2. The van der Waals surface area contributed by atoms with Crippen molar-refractivity contribution in [1.29, 1.82) is 0 Å². The summed E-state index contributed by atoms with van der Waals surface area (Å²) in [4.78, 5) is 14.8. The summed E-state index contributed by atoms with van der Waals surface area (Å²) in [7, 11) is 3.46. The van der Waals surface area contributed by atoms with Gasteiger partial charge in [-0.05, 0) is 38.2 Å². The largest absolute Gasteiger partial charge is 0.365 e. The van der Waals surface area contributed by atoms with Crippen LogP contribution in [0.4, 0.5) is 0 Å². The third kappa shape index (κ3) is 4.44. The maximum atomic E-state index is 12.3. The molecule has 1 aromatic rings. The molecule has 4 heteroatoms. The van der Waals surface area contributed by atoms with Crippen molar-refractivity contribution in [1.82, 2.24) is 10.2 Å². The summed E-state index contributed by atoms with van der Waals surface area (Å²) in [6.45, 7) is 10.7. The highest BCUT2D eigenvalue weighted by atomic mass is 16.5. The lowest BCUT2D eigenvalue weighted by atomic mass is 9.71. The first-order valence-electron chi connectivity index (χ1n) is 10.2. The van der Waals surface area contributed by atoms with Crippen LogP contribution in [0.3, 0.4) is 0 Å². The van der Waals surface area contributed by atoms with E-state index in [0.29, 0.717) is 18.5 Å². The number of carbonyl (C=O) groups excluding carboxylic acids is 1. The second-order valence-corrected chi connectivity index (χ2v) is 7.76. The zero-order valence-electron chi connectivity index (χ0n) is 17.6. The van der Waals surface area contributed by atoms with Gasteiger partial charge in [-0.1, -0.05) is 49.8 Å². The van der Waals surface area contributed by atoms with Gasteiger partial charge in [0.15, 0.2) is 0 Å². The number of hydrogen-bond acceptors (Lipinski definition) is 3. The van der Waals surface area contributed by atoms with Crippen LogP contribution in [0.2, 0.25) is 0 Å². The monoisotopic (exact) mass is 372 g/mol. The predicted molar refractivity (Wildman–Crippen MR) is 111 cm³/mol. The van der Waals surface area contributed by atoms with E-state index in [9.17, 15) is 4.79 Å². The van der Waals surface area contributed by atoms with Crippen LogP contribution in [0.25, 0.3) is 0 Å². The molecule has 1 amide bonds. The van der Waals surface area contributed by atoms with E-state index in [2.05, 4.69) is 61.8 Å².